The molecule has 176 valence electrons. The second-order valence-electron chi connectivity index (χ2n) is 8.30. The van der Waals surface area contributed by atoms with Crippen molar-refractivity contribution in [1.82, 2.24) is 20.0 Å². The Bertz CT molecular complexity index is 1370. The van der Waals surface area contributed by atoms with E-state index in [0.717, 1.165) is 20.4 Å². The summed E-state index contributed by atoms with van der Waals surface area (Å²) >= 11 is 2.26. The van der Waals surface area contributed by atoms with Gasteiger partial charge in [0.05, 0.1) is 5.69 Å². The number of aryl methyl sites for hydroxylation is 1. The minimum Gasteiger partial charge on any atom is -0.344 e. The first kappa shape index (κ1) is 24.4. The van der Waals surface area contributed by atoms with Crippen molar-refractivity contribution in [3.05, 3.63) is 111 Å². The summed E-state index contributed by atoms with van der Waals surface area (Å²) < 4.78 is 2.89. The summed E-state index contributed by atoms with van der Waals surface area (Å²) in [6.07, 6.45) is 3.55. The minimum atomic E-state index is -0.349. The number of carbonyl (C=O) groups excluding carboxylic acids is 2. The zero-order valence-corrected chi connectivity index (χ0v) is 21.9. The normalized spacial score (nSPS) is 11.3. The average molecular weight is 576 g/mol. The van der Waals surface area contributed by atoms with Gasteiger partial charge in [0, 0.05) is 40.6 Å². The van der Waals surface area contributed by atoms with Crippen molar-refractivity contribution in [2.24, 2.45) is 0 Å². The fraction of sp³-hybridized carbons (Fsp3) is 0.107. The Balaban J connectivity index is 1.80. The predicted octanol–water partition coefficient (Wildman–Crippen LogP) is 5.31. The number of likely N-dealkylation sites (N-methyl/N-ethyl adjacent to an activating group) is 1. The zero-order valence-electron chi connectivity index (χ0n) is 19.7. The molecule has 2 amide bonds. The lowest BCUT2D eigenvalue weighted by Gasteiger charge is -2.15. The van der Waals surface area contributed by atoms with Crippen molar-refractivity contribution >= 4 is 40.5 Å². The molecule has 0 bridgehead atoms. The summed E-state index contributed by atoms with van der Waals surface area (Å²) in [5.41, 5.74) is 4.92. The van der Waals surface area contributed by atoms with Gasteiger partial charge in [-0.15, -0.1) is 0 Å². The Morgan fingerprint density at radius 3 is 2.23 bits per heavy atom. The first-order valence-electron chi connectivity index (χ1n) is 11.0. The van der Waals surface area contributed by atoms with Gasteiger partial charge < -0.3 is 10.2 Å². The van der Waals surface area contributed by atoms with Crippen LogP contribution in [0.25, 0.3) is 23.0 Å². The Labute approximate surface area is 218 Å². The van der Waals surface area contributed by atoms with Crippen molar-refractivity contribution < 1.29 is 9.59 Å². The van der Waals surface area contributed by atoms with E-state index in [1.807, 2.05) is 79.9 Å². The van der Waals surface area contributed by atoms with Crippen LogP contribution in [-0.4, -0.2) is 40.6 Å². The molecule has 0 fully saturated rings. The van der Waals surface area contributed by atoms with Crippen LogP contribution in [-0.2, 0) is 4.79 Å². The molecule has 0 aliphatic heterocycles. The lowest BCUT2D eigenvalue weighted by Crippen LogP contribution is -2.34. The maximum atomic E-state index is 13.1. The number of para-hydroxylation sites is 1. The molecule has 0 aliphatic carbocycles. The number of nitrogens with one attached hydrogen (secondary N) is 1. The third kappa shape index (κ3) is 5.86. The third-order valence-electron chi connectivity index (χ3n) is 5.38. The molecule has 3 aromatic carbocycles. The Morgan fingerprint density at radius 1 is 0.943 bits per heavy atom. The zero-order chi connectivity index (χ0) is 24.9. The maximum absolute atomic E-state index is 13.1. The second-order valence-corrected chi connectivity index (χ2v) is 9.54. The number of hydrogen-bond donors (Lipinski definition) is 1. The molecule has 7 heteroatoms. The van der Waals surface area contributed by atoms with E-state index in [0.29, 0.717) is 16.8 Å². The number of nitrogens with zero attached hydrogens (tertiary/aromatic N) is 3. The van der Waals surface area contributed by atoms with Crippen LogP contribution < -0.4 is 5.32 Å². The van der Waals surface area contributed by atoms with Gasteiger partial charge in [0.2, 0.25) is 0 Å². The van der Waals surface area contributed by atoms with Gasteiger partial charge >= 0.3 is 0 Å². The Kier molecular flexibility index (Phi) is 7.45. The standard InChI is InChI=1S/C28H25IN4O2/c1-19-9-11-21(12-10-19)27(34)30-25(28(35)32(2)3)17-22-18-33(24-7-5-4-6-8-24)31-26(22)20-13-15-23(29)16-14-20/h4-18H,1-3H3,(H,30,34). The van der Waals surface area contributed by atoms with E-state index >= 15 is 0 Å². The molecule has 0 aliphatic rings. The molecule has 6 nitrogen and oxygen atoms in total. The molecular weight excluding hydrogens is 551 g/mol. The lowest BCUT2D eigenvalue weighted by atomic mass is 10.1. The van der Waals surface area contributed by atoms with Crippen LogP contribution in [0.5, 0.6) is 0 Å². The highest BCUT2D eigenvalue weighted by atomic mass is 127. The topological polar surface area (TPSA) is 67.2 Å². The van der Waals surface area contributed by atoms with E-state index in [-0.39, 0.29) is 17.5 Å². The molecule has 0 saturated heterocycles. The van der Waals surface area contributed by atoms with E-state index in [2.05, 4.69) is 27.9 Å². The molecular formula is C28H25IN4O2. The summed E-state index contributed by atoms with van der Waals surface area (Å²) in [7, 11) is 3.31. The molecule has 1 N–H and O–H groups in total. The van der Waals surface area contributed by atoms with Crippen molar-refractivity contribution in [2.75, 3.05) is 14.1 Å². The van der Waals surface area contributed by atoms with Crippen molar-refractivity contribution in [1.29, 1.82) is 0 Å². The monoisotopic (exact) mass is 576 g/mol. The Morgan fingerprint density at radius 2 is 1.60 bits per heavy atom. The first-order chi connectivity index (χ1) is 16.8. The molecule has 35 heavy (non-hydrogen) atoms. The van der Waals surface area contributed by atoms with Gasteiger partial charge in [-0.2, -0.15) is 5.10 Å². The lowest BCUT2D eigenvalue weighted by molar-refractivity contribution is -0.124. The number of carbonyl (C=O) groups is 2. The summed E-state index contributed by atoms with van der Waals surface area (Å²) in [4.78, 5) is 27.4. The van der Waals surface area contributed by atoms with E-state index in [4.69, 9.17) is 5.10 Å². The quantitative estimate of drug-likeness (QED) is 0.250. The van der Waals surface area contributed by atoms with Gasteiger partial charge in [-0.1, -0.05) is 48.0 Å². The third-order valence-corrected chi connectivity index (χ3v) is 6.10. The molecule has 0 atom stereocenters. The van der Waals surface area contributed by atoms with Gasteiger partial charge in [0.1, 0.15) is 11.4 Å². The van der Waals surface area contributed by atoms with Crippen LogP contribution in [0.1, 0.15) is 21.5 Å². The highest BCUT2D eigenvalue weighted by Gasteiger charge is 2.19. The van der Waals surface area contributed by atoms with E-state index < -0.39 is 0 Å². The second kappa shape index (κ2) is 10.7. The predicted molar refractivity (Wildman–Crippen MR) is 147 cm³/mol. The van der Waals surface area contributed by atoms with Crippen molar-refractivity contribution in [2.45, 2.75) is 6.92 Å². The van der Waals surface area contributed by atoms with Gasteiger partial charge in [0.15, 0.2) is 0 Å². The number of hydrogen-bond acceptors (Lipinski definition) is 3. The van der Waals surface area contributed by atoms with Crippen LogP contribution >= 0.6 is 22.6 Å². The van der Waals surface area contributed by atoms with Crippen LogP contribution in [0.4, 0.5) is 0 Å². The van der Waals surface area contributed by atoms with Crippen molar-refractivity contribution in [3.8, 4) is 16.9 Å². The molecule has 0 saturated carbocycles. The van der Waals surface area contributed by atoms with Crippen LogP contribution in [0, 0.1) is 10.5 Å². The molecule has 1 heterocycles. The highest BCUT2D eigenvalue weighted by Crippen LogP contribution is 2.26. The van der Waals surface area contributed by atoms with Crippen LogP contribution in [0.3, 0.4) is 0 Å². The molecule has 0 unspecified atom stereocenters. The molecule has 4 rings (SSSR count). The molecule has 0 spiro atoms. The van der Waals surface area contributed by atoms with Crippen molar-refractivity contribution in [3.63, 3.8) is 0 Å². The minimum absolute atomic E-state index is 0.167. The van der Waals surface area contributed by atoms with Gasteiger partial charge in [-0.25, -0.2) is 4.68 Å². The van der Waals surface area contributed by atoms with Gasteiger partial charge in [-0.3, -0.25) is 9.59 Å². The first-order valence-corrected chi connectivity index (χ1v) is 12.1. The van der Waals surface area contributed by atoms with E-state index in [1.54, 1.807) is 37.0 Å². The van der Waals surface area contributed by atoms with Gasteiger partial charge in [0.25, 0.3) is 11.8 Å². The Hall–Kier alpha value is -3.72. The van der Waals surface area contributed by atoms with Crippen LogP contribution in [0.2, 0.25) is 0 Å². The SMILES string of the molecule is Cc1ccc(C(=O)NC(=Cc2cn(-c3ccccc3)nc2-c2ccc(I)cc2)C(=O)N(C)C)cc1. The molecule has 4 aromatic rings. The summed E-state index contributed by atoms with van der Waals surface area (Å²) in [5, 5.41) is 7.63. The maximum Gasteiger partial charge on any atom is 0.269 e. The number of halogens is 1. The number of amides is 2. The summed E-state index contributed by atoms with van der Waals surface area (Å²) in [6.45, 7) is 1.96. The highest BCUT2D eigenvalue weighted by molar-refractivity contribution is 14.1. The average Bonchev–Trinajstić information content (AvgIpc) is 3.28. The summed E-state index contributed by atoms with van der Waals surface area (Å²) in [5.74, 6) is -0.663. The van der Waals surface area contributed by atoms with Gasteiger partial charge in [-0.05, 0) is 72.0 Å². The largest absolute Gasteiger partial charge is 0.344 e. The number of rotatable bonds is 6. The smallest absolute Gasteiger partial charge is 0.269 e. The van der Waals surface area contributed by atoms with Crippen LogP contribution in [0.15, 0.2) is 90.8 Å². The fourth-order valence-corrected chi connectivity index (χ4v) is 3.84. The molecule has 1 aromatic heterocycles. The number of aromatic nitrogens is 2. The molecule has 0 radical (unpaired) electrons. The number of benzene rings is 3. The van der Waals surface area contributed by atoms with E-state index in [9.17, 15) is 9.59 Å². The summed E-state index contributed by atoms with van der Waals surface area (Å²) in [6, 6.07) is 25.0. The fourth-order valence-electron chi connectivity index (χ4n) is 3.49. The van der Waals surface area contributed by atoms with E-state index in [1.165, 1.54) is 4.90 Å².